The molecule has 1 heterocycles. The van der Waals surface area contributed by atoms with Crippen molar-refractivity contribution in [3.8, 4) is 11.3 Å². The molecule has 0 aliphatic carbocycles. The molecule has 2 heteroatoms. The van der Waals surface area contributed by atoms with E-state index in [1.165, 1.54) is 5.56 Å². The average Bonchev–Trinajstić information content (AvgIpc) is 2.99. The highest BCUT2D eigenvalue weighted by atomic mass is 16.5. The van der Waals surface area contributed by atoms with E-state index >= 15 is 0 Å². The minimum Gasteiger partial charge on any atom is -0.461 e. The van der Waals surface area contributed by atoms with E-state index in [9.17, 15) is 0 Å². The third kappa shape index (κ3) is 3.59. The number of aryl methyl sites for hydroxylation is 1. The molecule has 0 saturated carbocycles. The molecule has 0 amide bonds. The maximum atomic E-state index is 6.22. The van der Waals surface area contributed by atoms with Gasteiger partial charge in [-0.15, -0.1) is 0 Å². The lowest BCUT2D eigenvalue weighted by Crippen LogP contribution is -2.06. The van der Waals surface area contributed by atoms with Crippen molar-refractivity contribution in [2.75, 3.05) is 7.11 Å². The standard InChI is InChI=1S/C23H24O2/c1-4-5-16-20-21(23(24-3)19-14-10-7-11-15-19)17(2)25-22(20)18-12-8-6-9-13-18/h4-15,23H,16H2,1-3H3/b5-4+. The normalized spacial score (nSPS) is 12.6. The number of methoxy groups -OCH3 is 1. The van der Waals surface area contributed by atoms with Gasteiger partial charge in [0, 0.05) is 23.8 Å². The summed E-state index contributed by atoms with van der Waals surface area (Å²) >= 11 is 0. The summed E-state index contributed by atoms with van der Waals surface area (Å²) in [4.78, 5) is 0. The zero-order valence-electron chi connectivity index (χ0n) is 15.0. The number of hydrogen-bond acceptors (Lipinski definition) is 2. The molecule has 0 fully saturated rings. The first-order valence-corrected chi connectivity index (χ1v) is 8.62. The minimum absolute atomic E-state index is 0.136. The second kappa shape index (κ2) is 8.00. The molecule has 25 heavy (non-hydrogen) atoms. The average molecular weight is 332 g/mol. The zero-order valence-corrected chi connectivity index (χ0v) is 15.0. The second-order valence-electron chi connectivity index (χ2n) is 6.05. The fourth-order valence-corrected chi connectivity index (χ4v) is 3.26. The Kier molecular flexibility index (Phi) is 5.52. The Morgan fingerprint density at radius 2 is 1.64 bits per heavy atom. The molecule has 0 aliphatic heterocycles. The van der Waals surface area contributed by atoms with Gasteiger partial charge in [0.25, 0.3) is 0 Å². The predicted octanol–water partition coefficient (Wildman–Crippen LogP) is 6.11. The Balaban J connectivity index is 2.16. The van der Waals surface area contributed by atoms with Crippen LogP contribution in [0.5, 0.6) is 0 Å². The molecule has 0 saturated heterocycles. The van der Waals surface area contributed by atoms with Crippen molar-refractivity contribution in [2.45, 2.75) is 26.4 Å². The molecule has 0 bridgehead atoms. The summed E-state index contributed by atoms with van der Waals surface area (Å²) in [5.41, 5.74) is 4.55. The number of furan rings is 1. The lowest BCUT2D eigenvalue weighted by atomic mass is 9.94. The summed E-state index contributed by atoms with van der Waals surface area (Å²) in [6, 6.07) is 20.6. The van der Waals surface area contributed by atoms with Crippen LogP contribution in [0, 0.1) is 6.92 Å². The van der Waals surface area contributed by atoms with Crippen LogP contribution in [0.15, 0.2) is 77.2 Å². The number of hydrogen-bond donors (Lipinski definition) is 0. The van der Waals surface area contributed by atoms with Crippen molar-refractivity contribution < 1.29 is 9.15 Å². The number of allylic oxidation sites excluding steroid dienone is 2. The molecule has 3 rings (SSSR count). The van der Waals surface area contributed by atoms with Crippen molar-refractivity contribution in [3.05, 3.63) is 95.3 Å². The van der Waals surface area contributed by atoms with Gasteiger partial charge in [0.2, 0.25) is 0 Å². The topological polar surface area (TPSA) is 22.4 Å². The molecule has 2 aromatic carbocycles. The van der Waals surface area contributed by atoms with Gasteiger partial charge in [-0.1, -0.05) is 72.8 Å². The van der Waals surface area contributed by atoms with Gasteiger partial charge in [-0.25, -0.2) is 0 Å². The van der Waals surface area contributed by atoms with E-state index in [0.717, 1.165) is 34.6 Å². The molecule has 0 aliphatic rings. The Labute approximate surface area is 149 Å². The smallest absolute Gasteiger partial charge is 0.138 e. The summed E-state index contributed by atoms with van der Waals surface area (Å²) in [5, 5.41) is 0. The second-order valence-corrected chi connectivity index (χ2v) is 6.05. The van der Waals surface area contributed by atoms with Gasteiger partial charge in [0.1, 0.15) is 17.6 Å². The van der Waals surface area contributed by atoms with E-state index in [-0.39, 0.29) is 6.10 Å². The van der Waals surface area contributed by atoms with E-state index in [1.807, 2.05) is 50.2 Å². The molecule has 2 nitrogen and oxygen atoms in total. The van der Waals surface area contributed by atoms with Crippen LogP contribution in [0.25, 0.3) is 11.3 Å². The highest BCUT2D eigenvalue weighted by molar-refractivity contribution is 5.65. The first-order chi connectivity index (χ1) is 12.3. The summed E-state index contributed by atoms with van der Waals surface area (Å²) in [6.45, 7) is 4.07. The fourth-order valence-electron chi connectivity index (χ4n) is 3.26. The van der Waals surface area contributed by atoms with Crippen molar-refractivity contribution in [1.82, 2.24) is 0 Å². The van der Waals surface area contributed by atoms with Crippen LogP contribution in [0.3, 0.4) is 0 Å². The van der Waals surface area contributed by atoms with Gasteiger partial charge in [-0.3, -0.25) is 0 Å². The van der Waals surface area contributed by atoms with Crippen LogP contribution < -0.4 is 0 Å². The van der Waals surface area contributed by atoms with Gasteiger partial charge >= 0.3 is 0 Å². The van der Waals surface area contributed by atoms with Gasteiger partial charge < -0.3 is 9.15 Å². The Morgan fingerprint density at radius 3 is 2.24 bits per heavy atom. The summed E-state index contributed by atoms with van der Waals surface area (Å²) in [7, 11) is 1.76. The Bertz CT molecular complexity index is 829. The highest BCUT2D eigenvalue weighted by Crippen LogP contribution is 2.39. The van der Waals surface area contributed by atoms with E-state index in [0.29, 0.717) is 0 Å². The predicted molar refractivity (Wildman–Crippen MR) is 103 cm³/mol. The lowest BCUT2D eigenvalue weighted by Gasteiger charge is -2.17. The van der Waals surface area contributed by atoms with E-state index in [4.69, 9.17) is 9.15 Å². The first-order valence-electron chi connectivity index (χ1n) is 8.62. The Morgan fingerprint density at radius 1 is 1.00 bits per heavy atom. The largest absolute Gasteiger partial charge is 0.461 e. The fraction of sp³-hybridized carbons (Fsp3) is 0.217. The minimum atomic E-state index is -0.136. The molecule has 0 radical (unpaired) electrons. The molecular weight excluding hydrogens is 308 g/mol. The Hall–Kier alpha value is -2.58. The van der Waals surface area contributed by atoms with E-state index < -0.39 is 0 Å². The van der Waals surface area contributed by atoms with Crippen molar-refractivity contribution in [3.63, 3.8) is 0 Å². The third-order valence-corrected chi connectivity index (χ3v) is 4.43. The molecular formula is C23H24O2. The highest BCUT2D eigenvalue weighted by Gasteiger charge is 2.26. The quantitative estimate of drug-likeness (QED) is 0.508. The molecule has 128 valence electrons. The van der Waals surface area contributed by atoms with Crippen LogP contribution in [0.2, 0.25) is 0 Å². The monoisotopic (exact) mass is 332 g/mol. The summed E-state index contributed by atoms with van der Waals surface area (Å²) in [6.07, 6.45) is 4.92. The third-order valence-electron chi connectivity index (χ3n) is 4.43. The number of benzene rings is 2. The van der Waals surface area contributed by atoms with Crippen LogP contribution >= 0.6 is 0 Å². The summed E-state index contributed by atoms with van der Waals surface area (Å²) < 4.78 is 12.1. The van der Waals surface area contributed by atoms with Crippen LogP contribution in [0.1, 0.15) is 35.5 Å². The van der Waals surface area contributed by atoms with Gasteiger partial charge in [0.05, 0.1) is 0 Å². The molecule has 1 aromatic heterocycles. The van der Waals surface area contributed by atoms with Crippen molar-refractivity contribution >= 4 is 0 Å². The van der Waals surface area contributed by atoms with Crippen LogP contribution in [0.4, 0.5) is 0 Å². The zero-order chi connectivity index (χ0) is 17.6. The first kappa shape index (κ1) is 17.2. The van der Waals surface area contributed by atoms with Crippen molar-refractivity contribution in [1.29, 1.82) is 0 Å². The molecule has 1 atom stereocenters. The molecule has 1 unspecified atom stereocenters. The lowest BCUT2D eigenvalue weighted by molar-refractivity contribution is 0.134. The van der Waals surface area contributed by atoms with Gasteiger partial charge in [0.15, 0.2) is 0 Å². The van der Waals surface area contributed by atoms with Crippen LogP contribution in [-0.4, -0.2) is 7.11 Å². The van der Waals surface area contributed by atoms with Gasteiger partial charge in [-0.2, -0.15) is 0 Å². The summed E-state index contributed by atoms with van der Waals surface area (Å²) in [5.74, 6) is 1.85. The molecule has 0 N–H and O–H groups in total. The molecule has 3 aromatic rings. The van der Waals surface area contributed by atoms with E-state index in [1.54, 1.807) is 7.11 Å². The maximum Gasteiger partial charge on any atom is 0.138 e. The molecule has 0 spiro atoms. The van der Waals surface area contributed by atoms with E-state index in [2.05, 4.69) is 36.4 Å². The number of rotatable bonds is 6. The van der Waals surface area contributed by atoms with Crippen LogP contribution in [-0.2, 0) is 11.2 Å². The maximum absolute atomic E-state index is 6.22. The van der Waals surface area contributed by atoms with Crippen molar-refractivity contribution in [2.24, 2.45) is 0 Å². The number of ether oxygens (including phenoxy) is 1. The SMILES string of the molecule is C/C=C/Cc1c(-c2ccccc2)oc(C)c1C(OC)c1ccccc1. The van der Waals surface area contributed by atoms with Gasteiger partial charge in [-0.05, 0) is 25.8 Å².